The van der Waals surface area contributed by atoms with Gasteiger partial charge in [0.05, 0.1) is 6.10 Å². The summed E-state index contributed by atoms with van der Waals surface area (Å²) in [5, 5.41) is 0. The van der Waals surface area contributed by atoms with Crippen molar-refractivity contribution in [2.45, 2.75) is 32.8 Å². The van der Waals surface area contributed by atoms with Crippen LogP contribution < -0.4 is 0 Å². The molecule has 11 heavy (non-hydrogen) atoms. The number of likely N-dealkylation sites (N-methyl/N-ethyl adjacent to an activating group) is 1. The van der Waals surface area contributed by atoms with E-state index in [2.05, 4.69) is 25.8 Å². The fraction of sp³-hybridized carbons (Fsp3) is 1.00. The first kappa shape index (κ1) is 10.9. The lowest BCUT2D eigenvalue weighted by atomic mass is 10.2. The van der Waals surface area contributed by atoms with Gasteiger partial charge in [-0.2, -0.15) is 0 Å². The number of rotatable bonds is 6. The van der Waals surface area contributed by atoms with Crippen LogP contribution in [0.2, 0.25) is 0 Å². The van der Waals surface area contributed by atoms with E-state index in [0.717, 1.165) is 13.0 Å². The van der Waals surface area contributed by atoms with E-state index in [1.165, 1.54) is 13.0 Å². The zero-order valence-corrected chi connectivity index (χ0v) is 8.26. The van der Waals surface area contributed by atoms with Crippen molar-refractivity contribution < 1.29 is 4.74 Å². The Morgan fingerprint density at radius 1 is 1.36 bits per heavy atom. The molecule has 0 amide bonds. The zero-order valence-electron chi connectivity index (χ0n) is 8.26. The molecule has 0 aliphatic heterocycles. The highest BCUT2D eigenvalue weighted by molar-refractivity contribution is 4.59. The van der Waals surface area contributed by atoms with Gasteiger partial charge >= 0.3 is 0 Å². The summed E-state index contributed by atoms with van der Waals surface area (Å²) >= 11 is 0. The molecule has 0 N–H and O–H groups in total. The van der Waals surface area contributed by atoms with Crippen molar-refractivity contribution in [1.29, 1.82) is 0 Å². The van der Waals surface area contributed by atoms with E-state index in [9.17, 15) is 0 Å². The first-order valence-electron chi connectivity index (χ1n) is 4.45. The SMILES string of the molecule is CCCN(C)CC(CC)OC. The molecule has 0 aromatic rings. The van der Waals surface area contributed by atoms with Gasteiger partial charge in [-0.1, -0.05) is 13.8 Å². The summed E-state index contributed by atoms with van der Waals surface area (Å²) in [4.78, 5) is 2.32. The van der Waals surface area contributed by atoms with Crippen molar-refractivity contribution in [2.75, 3.05) is 27.2 Å². The highest BCUT2D eigenvalue weighted by Crippen LogP contribution is 1.98. The summed E-state index contributed by atoms with van der Waals surface area (Å²) in [5.41, 5.74) is 0. The number of hydrogen-bond donors (Lipinski definition) is 0. The Hall–Kier alpha value is -0.0800. The lowest BCUT2D eigenvalue weighted by Crippen LogP contribution is -2.30. The van der Waals surface area contributed by atoms with Crippen LogP contribution in [0.1, 0.15) is 26.7 Å². The van der Waals surface area contributed by atoms with Crippen LogP contribution in [0, 0.1) is 0 Å². The largest absolute Gasteiger partial charge is 0.380 e. The van der Waals surface area contributed by atoms with Gasteiger partial charge in [-0.15, -0.1) is 0 Å². The summed E-state index contributed by atoms with van der Waals surface area (Å²) in [6.07, 6.45) is 2.73. The number of nitrogens with zero attached hydrogens (tertiary/aromatic N) is 1. The number of hydrogen-bond acceptors (Lipinski definition) is 2. The second-order valence-electron chi connectivity index (χ2n) is 3.03. The van der Waals surface area contributed by atoms with E-state index in [1.54, 1.807) is 7.11 Å². The molecule has 0 fully saturated rings. The molecule has 0 spiro atoms. The van der Waals surface area contributed by atoms with Gasteiger partial charge in [-0.05, 0) is 26.4 Å². The van der Waals surface area contributed by atoms with E-state index in [1.807, 2.05) is 0 Å². The molecule has 0 aliphatic carbocycles. The Bertz CT molecular complexity index is 81.6. The summed E-state index contributed by atoms with van der Waals surface area (Å²) in [6.45, 7) is 6.58. The van der Waals surface area contributed by atoms with Gasteiger partial charge in [0.15, 0.2) is 0 Å². The summed E-state index contributed by atoms with van der Waals surface area (Å²) in [7, 11) is 3.93. The molecule has 0 heterocycles. The van der Waals surface area contributed by atoms with Crippen molar-refractivity contribution in [3.05, 3.63) is 0 Å². The Morgan fingerprint density at radius 2 is 2.00 bits per heavy atom. The molecule has 0 aliphatic rings. The maximum Gasteiger partial charge on any atom is 0.0695 e. The van der Waals surface area contributed by atoms with Gasteiger partial charge in [0, 0.05) is 13.7 Å². The molecule has 1 unspecified atom stereocenters. The minimum absolute atomic E-state index is 0.409. The second kappa shape index (κ2) is 6.62. The third-order valence-electron chi connectivity index (χ3n) is 1.91. The lowest BCUT2D eigenvalue weighted by Gasteiger charge is -2.21. The van der Waals surface area contributed by atoms with Crippen molar-refractivity contribution in [3.63, 3.8) is 0 Å². The number of methoxy groups -OCH3 is 1. The van der Waals surface area contributed by atoms with Crippen molar-refractivity contribution in [1.82, 2.24) is 4.90 Å². The standard InChI is InChI=1S/C9H21NO/c1-5-7-10(3)8-9(6-2)11-4/h9H,5-8H2,1-4H3. The van der Waals surface area contributed by atoms with Crippen LogP contribution >= 0.6 is 0 Å². The summed E-state index contributed by atoms with van der Waals surface area (Å²) in [6, 6.07) is 0. The first-order valence-corrected chi connectivity index (χ1v) is 4.45. The fourth-order valence-corrected chi connectivity index (χ4v) is 1.19. The van der Waals surface area contributed by atoms with E-state index in [-0.39, 0.29) is 0 Å². The summed E-state index contributed by atoms with van der Waals surface area (Å²) < 4.78 is 5.27. The molecule has 0 aromatic heterocycles. The molecule has 0 saturated heterocycles. The van der Waals surface area contributed by atoms with Crippen LogP contribution in [0.15, 0.2) is 0 Å². The molecule has 0 rings (SSSR count). The van der Waals surface area contributed by atoms with Gasteiger partial charge in [-0.3, -0.25) is 0 Å². The third kappa shape index (κ3) is 5.22. The average molecular weight is 159 g/mol. The van der Waals surface area contributed by atoms with Crippen LogP contribution in [0.5, 0.6) is 0 Å². The van der Waals surface area contributed by atoms with E-state index >= 15 is 0 Å². The van der Waals surface area contributed by atoms with Crippen LogP contribution in [-0.4, -0.2) is 38.3 Å². The third-order valence-corrected chi connectivity index (χ3v) is 1.91. The van der Waals surface area contributed by atoms with Crippen LogP contribution in [-0.2, 0) is 4.74 Å². The normalized spacial score (nSPS) is 13.9. The zero-order chi connectivity index (χ0) is 8.69. The Morgan fingerprint density at radius 3 is 2.36 bits per heavy atom. The number of ether oxygens (including phenoxy) is 1. The Labute approximate surface area is 70.5 Å². The molecule has 0 radical (unpaired) electrons. The van der Waals surface area contributed by atoms with Crippen molar-refractivity contribution in [2.24, 2.45) is 0 Å². The summed E-state index contributed by atoms with van der Waals surface area (Å²) in [5.74, 6) is 0. The molecule has 2 nitrogen and oxygen atoms in total. The molecule has 68 valence electrons. The molecule has 2 heteroatoms. The topological polar surface area (TPSA) is 12.5 Å². The molecule has 0 aromatic carbocycles. The quantitative estimate of drug-likeness (QED) is 0.585. The van der Waals surface area contributed by atoms with E-state index in [0.29, 0.717) is 6.10 Å². The minimum atomic E-state index is 0.409. The maximum atomic E-state index is 5.27. The van der Waals surface area contributed by atoms with Gasteiger partial charge in [-0.25, -0.2) is 0 Å². The van der Waals surface area contributed by atoms with Gasteiger partial charge < -0.3 is 9.64 Å². The van der Waals surface area contributed by atoms with Crippen molar-refractivity contribution >= 4 is 0 Å². The predicted octanol–water partition coefficient (Wildman–Crippen LogP) is 1.75. The fourth-order valence-electron chi connectivity index (χ4n) is 1.19. The molecule has 1 atom stereocenters. The Kier molecular flexibility index (Phi) is 6.57. The van der Waals surface area contributed by atoms with Crippen molar-refractivity contribution in [3.8, 4) is 0 Å². The molecular weight excluding hydrogens is 138 g/mol. The monoisotopic (exact) mass is 159 g/mol. The van der Waals surface area contributed by atoms with E-state index in [4.69, 9.17) is 4.74 Å². The maximum absolute atomic E-state index is 5.27. The molecule has 0 bridgehead atoms. The lowest BCUT2D eigenvalue weighted by molar-refractivity contribution is 0.0692. The molecular formula is C9H21NO. The van der Waals surface area contributed by atoms with Gasteiger partial charge in [0.25, 0.3) is 0 Å². The minimum Gasteiger partial charge on any atom is -0.380 e. The molecule has 0 saturated carbocycles. The van der Waals surface area contributed by atoms with Crippen LogP contribution in [0.4, 0.5) is 0 Å². The van der Waals surface area contributed by atoms with Gasteiger partial charge in [0.1, 0.15) is 0 Å². The Balaban J connectivity index is 3.44. The van der Waals surface area contributed by atoms with Crippen LogP contribution in [0.3, 0.4) is 0 Å². The highest BCUT2D eigenvalue weighted by atomic mass is 16.5. The predicted molar refractivity (Wildman–Crippen MR) is 48.9 cm³/mol. The smallest absolute Gasteiger partial charge is 0.0695 e. The first-order chi connectivity index (χ1) is 5.24. The second-order valence-corrected chi connectivity index (χ2v) is 3.03. The van der Waals surface area contributed by atoms with E-state index < -0.39 is 0 Å². The van der Waals surface area contributed by atoms with Gasteiger partial charge in [0.2, 0.25) is 0 Å². The highest BCUT2D eigenvalue weighted by Gasteiger charge is 2.06. The average Bonchev–Trinajstić information content (AvgIpc) is 2.01. The van der Waals surface area contributed by atoms with Crippen LogP contribution in [0.25, 0.3) is 0 Å².